The van der Waals surface area contributed by atoms with E-state index in [0.29, 0.717) is 0 Å². The van der Waals surface area contributed by atoms with E-state index in [0.717, 1.165) is 24.0 Å². The van der Waals surface area contributed by atoms with Crippen LogP contribution in [0, 0.1) is 28.1 Å². The van der Waals surface area contributed by atoms with Crippen molar-refractivity contribution in [2.75, 3.05) is 7.11 Å². The van der Waals surface area contributed by atoms with Crippen LogP contribution in [0.2, 0.25) is 0 Å². The Labute approximate surface area is 200 Å². The van der Waals surface area contributed by atoms with Gasteiger partial charge in [-0.2, -0.15) is 0 Å². The first-order chi connectivity index (χ1) is 15.9. The molecule has 0 radical (unpaired) electrons. The van der Waals surface area contributed by atoms with E-state index in [2.05, 4.69) is 20.4 Å². The van der Waals surface area contributed by atoms with Crippen LogP contribution in [-0.2, 0) is 28.6 Å². The average molecular weight is 471 g/mol. The summed E-state index contributed by atoms with van der Waals surface area (Å²) < 4.78 is 23.2. The summed E-state index contributed by atoms with van der Waals surface area (Å²) in [6.07, 6.45) is 4.23. The standard InChI is InChI=1S/C27H34O7/c1-15-17-7-9-25(4)23(16-8-10-32-14-16)33-22(30)13-27(15,25)34-20-12-19(28)24(2,3)18(26(17,20)5)11-21(29)31-6/h8,10,14,17-18,20,23H,1,7,9,11-13H2,2-6H3/t17?,18?,20-,23-,25-,26+,27-/m0/s1. The van der Waals surface area contributed by atoms with Crippen LogP contribution in [0.3, 0.4) is 0 Å². The molecule has 7 heteroatoms. The summed E-state index contributed by atoms with van der Waals surface area (Å²) in [5, 5.41) is 0. The van der Waals surface area contributed by atoms with E-state index in [1.165, 1.54) is 7.11 Å². The molecule has 184 valence electrons. The van der Waals surface area contributed by atoms with Crippen LogP contribution in [0.25, 0.3) is 0 Å². The van der Waals surface area contributed by atoms with E-state index >= 15 is 0 Å². The number of ketones is 1. The number of carbonyl (C=O) groups excluding carboxylic acids is 3. The van der Waals surface area contributed by atoms with Crippen LogP contribution in [0.1, 0.15) is 71.5 Å². The van der Waals surface area contributed by atoms with Crippen LogP contribution in [0.4, 0.5) is 0 Å². The number of esters is 2. The highest BCUT2D eigenvalue weighted by molar-refractivity contribution is 5.87. The Hall–Kier alpha value is -2.41. The minimum atomic E-state index is -0.949. The maximum Gasteiger partial charge on any atom is 0.309 e. The van der Waals surface area contributed by atoms with Gasteiger partial charge in [0.05, 0.1) is 32.2 Å². The van der Waals surface area contributed by atoms with Gasteiger partial charge in [0.1, 0.15) is 17.5 Å². The number of furan rings is 1. The van der Waals surface area contributed by atoms with Gasteiger partial charge in [0.25, 0.3) is 0 Å². The zero-order chi connectivity index (χ0) is 24.7. The summed E-state index contributed by atoms with van der Waals surface area (Å²) in [5.41, 5.74) is -1.05. The molecule has 2 aliphatic heterocycles. The maximum atomic E-state index is 13.4. The first-order valence-corrected chi connectivity index (χ1v) is 12.1. The molecule has 2 unspecified atom stereocenters. The van der Waals surface area contributed by atoms with E-state index in [9.17, 15) is 14.4 Å². The molecule has 1 spiro atoms. The first-order valence-electron chi connectivity index (χ1n) is 12.1. The molecule has 2 aliphatic carbocycles. The van der Waals surface area contributed by atoms with Crippen molar-refractivity contribution in [3.05, 3.63) is 36.3 Å². The van der Waals surface area contributed by atoms with Crippen molar-refractivity contribution < 1.29 is 33.0 Å². The Morgan fingerprint density at radius 1 is 1.24 bits per heavy atom. The second-order valence-corrected chi connectivity index (χ2v) is 11.6. The van der Waals surface area contributed by atoms with Gasteiger partial charge in [0.15, 0.2) is 0 Å². The lowest BCUT2D eigenvalue weighted by Crippen LogP contribution is -2.72. The fourth-order valence-corrected chi connectivity index (χ4v) is 7.88. The topological polar surface area (TPSA) is 92.0 Å². The van der Waals surface area contributed by atoms with Crippen LogP contribution in [0.15, 0.2) is 35.2 Å². The number of carbonyl (C=O) groups is 3. The van der Waals surface area contributed by atoms with Crippen molar-refractivity contribution in [2.45, 2.75) is 77.6 Å². The highest BCUT2D eigenvalue weighted by atomic mass is 16.6. The summed E-state index contributed by atoms with van der Waals surface area (Å²) in [4.78, 5) is 38.8. The van der Waals surface area contributed by atoms with Gasteiger partial charge in [0.2, 0.25) is 0 Å². The monoisotopic (exact) mass is 470 g/mol. The number of methoxy groups -OCH3 is 1. The van der Waals surface area contributed by atoms with E-state index < -0.39 is 34.1 Å². The zero-order valence-corrected chi connectivity index (χ0v) is 20.6. The number of rotatable bonds is 3. The molecular weight excluding hydrogens is 436 g/mol. The predicted molar refractivity (Wildman–Crippen MR) is 121 cm³/mol. The van der Waals surface area contributed by atoms with Crippen LogP contribution >= 0.6 is 0 Å². The fourth-order valence-electron chi connectivity index (χ4n) is 7.88. The highest BCUT2D eigenvalue weighted by Crippen LogP contribution is 2.71. The third kappa shape index (κ3) is 2.76. The quantitative estimate of drug-likeness (QED) is 0.472. The number of hydrogen-bond acceptors (Lipinski definition) is 7. The molecule has 2 saturated heterocycles. The van der Waals surface area contributed by atoms with E-state index in [1.807, 2.05) is 19.9 Å². The molecular formula is C27H34O7. The minimum absolute atomic E-state index is 0.00254. The minimum Gasteiger partial charge on any atom is -0.472 e. The van der Waals surface area contributed by atoms with Crippen molar-refractivity contribution in [1.82, 2.24) is 0 Å². The number of fused-ring (bicyclic) bond motifs is 3. The molecule has 7 atom stereocenters. The zero-order valence-electron chi connectivity index (χ0n) is 20.6. The number of cyclic esters (lactones) is 1. The molecule has 4 fully saturated rings. The summed E-state index contributed by atoms with van der Waals surface area (Å²) in [7, 11) is 1.38. The Morgan fingerprint density at radius 3 is 2.62 bits per heavy atom. The SMILES string of the molecule is C=C1C2CC[C@@]3(C)[C@H](c4ccoc4)OC(=O)C[C@]13O[C@H]1CC(=O)C(C)(C)C(CC(=O)OC)[C@@]21C. The molecule has 0 aromatic carbocycles. The van der Waals surface area contributed by atoms with Gasteiger partial charge in [-0.15, -0.1) is 0 Å². The molecule has 0 N–H and O–H groups in total. The van der Waals surface area contributed by atoms with Gasteiger partial charge in [-0.05, 0) is 36.3 Å². The summed E-state index contributed by atoms with van der Waals surface area (Å²) >= 11 is 0. The molecule has 5 rings (SSSR count). The van der Waals surface area contributed by atoms with Crippen molar-refractivity contribution in [3.63, 3.8) is 0 Å². The van der Waals surface area contributed by atoms with Gasteiger partial charge in [-0.1, -0.05) is 34.3 Å². The molecule has 7 nitrogen and oxygen atoms in total. The molecule has 34 heavy (non-hydrogen) atoms. The Morgan fingerprint density at radius 2 is 1.97 bits per heavy atom. The third-order valence-corrected chi connectivity index (χ3v) is 9.98. The van der Waals surface area contributed by atoms with Gasteiger partial charge < -0.3 is 18.6 Å². The van der Waals surface area contributed by atoms with Gasteiger partial charge in [0, 0.05) is 34.7 Å². The first kappa shape index (κ1) is 23.3. The maximum absolute atomic E-state index is 13.4. The largest absolute Gasteiger partial charge is 0.472 e. The van der Waals surface area contributed by atoms with Crippen molar-refractivity contribution in [1.29, 1.82) is 0 Å². The second-order valence-electron chi connectivity index (χ2n) is 11.6. The smallest absolute Gasteiger partial charge is 0.309 e. The van der Waals surface area contributed by atoms with E-state index in [-0.39, 0.29) is 48.8 Å². The molecule has 0 amide bonds. The lowest BCUT2D eigenvalue weighted by Gasteiger charge is -2.70. The normalized spacial score (nSPS) is 42.9. The lowest BCUT2D eigenvalue weighted by atomic mass is 9.41. The fraction of sp³-hybridized carbons (Fsp3) is 0.667. The average Bonchev–Trinajstić information content (AvgIpc) is 3.30. The number of hydrogen-bond donors (Lipinski definition) is 0. The Bertz CT molecular complexity index is 1060. The number of Topliss-reactive ketones (excluding diaryl/α,β-unsaturated/α-hetero) is 1. The lowest BCUT2D eigenvalue weighted by molar-refractivity contribution is -0.298. The molecule has 1 aromatic heterocycles. The second kappa shape index (κ2) is 7.30. The van der Waals surface area contributed by atoms with Gasteiger partial charge in [-0.25, -0.2) is 0 Å². The summed E-state index contributed by atoms with van der Waals surface area (Å²) in [6, 6.07) is 1.82. The van der Waals surface area contributed by atoms with Crippen molar-refractivity contribution in [2.24, 2.45) is 28.1 Å². The van der Waals surface area contributed by atoms with Crippen LogP contribution in [-0.4, -0.2) is 36.5 Å². The summed E-state index contributed by atoms with van der Waals surface area (Å²) in [5.74, 6) is -0.889. The Kier molecular flexibility index (Phi) is 5.01. The van der Waals surface area contributed by atoms with E-state index in [1.54, 1.807) is 12.5 Å². The van der Waals surface area contributed by atoms with Gasteiger partial charge in [-0.3, -0.25) is 14.4 Å². The molecule has 3 heterocycles. The molecule has 2 saturated carbocycles. The predicted octanol–water partition coefficient (Wildman–Crippen LogP) is 4.56. The van der Waals surface area contributed by atoms with Crippen LogP contribution < -0.4 is 0 Å². The molecule has 1 aromatic rings. The van der Waals surface area contributed by atoms with Gasteiger partial charge >= 0.3 is 11.9 Å². The summed E-state index contributed by atoms with van der Waals surface area (Å²) in [6.45, 7) is 12.6. The van der Waals surface area contributed by atoms with Crippen molar-refractivity contribution >= 4 is 17.7 Å². The van der Waals surface area contributed by atoms with E-state index in [4.69, 9.17) is 18.6 Å². The van der Waals surface area contributed by atoms with Crippen LogP contribution in [0.5, 0.6) is 0 Å². The highest BCUT2D eigenvalue weighted by Gasteiger charge is 2.73. The third-order valence-electron chi connectivity index (χ3n) is 9.98. The molecule has 2 bridgehead atoms. The van der Waals surface area contributed by atoms with Crippen molar-refractivity contribution in [3.8, 4) is 0 Å². The Balaban J connectivity index is 1.63. The number of ether oxygens (including phenoxy) is 3. The molecule has 4 aliphatic rings.